The molecule has 1 N–H and O–H groups in total. The Morgan fingerprint density at radius 2 is 1.07 bits per heavy atom. The van der Waals surface area contributed by atoms with Crippen LogP contribution in [0.25, 0.3) is 0 Å². The maximum Gasteiger partial charge on any atom is 0.303 e. The molecule has 0 saturated carbocycles. The number of unbranched alkanes of at least 4 members (excludes halogenated alkanes) is 15. The lowest BCUT2D eigenvalue weighted by molar-refractivity contribution is -0.137. The Hall–Kier alpha value is -0.790. The van der Waals surface area contributed by atoms with Gasteiger partial charge in [0, 0.05) is 6.42 Å². The first-order valence-corrected chi connectivity index (χ1v) is 13.0. The van der Waals surface area contributed by atoms with E-state index in [9.17, 15) is 4.79 Å². The van der Waals surface area contributed by atoms with Gasteiger partial charge in [-0.1, -0.05) is 129 Å². The van der Waals surface area contributed by atoms with Crippen LogP contribution in [0.1, 0.15) is 149 Å². The maximum atomic E-state index is 10.4. The van der Waals surface area contributed by atoms with Crippen LogP contribution in [-0.4, -0.2) is 11.1 Å². The molecule has 0 radical (unpaired) electrons. The molecular weight excluding hydrogens is 356 g/mol. The average molecular weight is 409 g/mol. The molecule has 0 aliphatic rings. The molecule has 0 amide bonds. The Kier molecular flexibility index (Phi) is 22.8. The second-order valence-corrected chi connectivity index (χ2v) is 9.18. The molecule has 29 heavy (non-hydrogen) atoms. The molecule has 1 unspecified atom stereocenters. The monoisotopic (exact) mass is 408 g/mol. The van der Waals surface area contributed by atoms with Crippen LogP contribution < -0.4 is 0 Å². The van der Waals surface area contributed by atoms with Gasteiger partial charge in [-0.3, -0.25) is 4.79 Å². The van der Waals surface area contributed by atoms with E-state index in [2.05, 4.69) is 26.0 Å². The zero-order valence-corrected chi connectivity index (χ0v) is 19.9. The molecule has 0 aliphatic carbocycles. The van der Waals surface area contributed by atoms with Gasteiger partial charge in [0.25, 0.3) is 0 Å². The molecule has 0 aromatic carbocycles. The lowest BCUT2D eigenvalue weighted by Crippen LogP contribution is -1.95. The number of hydrogen-bond donors (Lipinski definition) is 1. The van der Waals surface area contributed by atoms with E-state index >= 15 is 0 Å². The van der Waals surface area contributed by atoms with Crippen LogP contribution >= 0.6 is 0 Å². The molecular formula is C27H52O2. The SMILES string of the molecule is CCCCCCCC(C)CCCCCCCCCCCCC=CCCCC(=O)O. The van der Waals surface area contributed by atoms with Gasteiger partial charge in [-0.25, -0.2) is 0 Å². The fourth-order valence-electron chi connectivity index (χ4n) is 4.02. The summed E-state index contributed by atoms with van der Waals surface area (Å²) in [5.41, 5.74) is 0. The summed E-state index contributed by atoms with van der Waals surface area (Å²) in [5.74, 6) is 0.257. The molecule has 0 spiro atoms. The summed E-state index contributed by atoms with van der Waals surface area (Å²) >= 11 is 0. The molecule has 0 rings (SSSR count). The van der Waals surface area contributed by atoms with Crippen LogP contribution in [0.15, 0.2) is 12.2 Å². The van der Waals surface area contributed by atoms with Gasteiger partial charge in [0.05, 0.1) is 0 Å². The largest absolute Gasteiger partial charge is 0.481 e. The van der Waals surface area contributed by atoms with Crippen molar-refractivity contribution in [3.8, 4) is 0 Å². The van der Waals surface area contributed by atoms with E-state index in [1.54, 1.807) is 0 Å². The van der Waals surface area contributed by atoms with Gasteiger partial charge in [-0.05, 0) is 31.6 Å². The number of allylic oxidation sites excluding steroid dienone is 2. The summed E-state index contributed by atoms with van der Waals surface area (Å²) in [6.45, 7) is 4.74. The third-order valence-electron chi connectivity index (χ3n) is 6.05. The van der Waals surface area contributed by atoms with Crippen LogP contribution in [0.2, 0.25) is 0 Å². The number of carboxylic acids is 1. The number of carbonyl (C=O) groups is 1. The smallest absolute Gasteiger partial charge is 0.303 e. The summed E-state index contributed by atoms with van der Waals surface area (Å²) in [4.78, 5) is 10.4. The highest BCUT2D eigenvalue weighted by Gasteiger charge is 2.02. The number of carboxylic acid groups (broad SMARTS) is 1. The van der Waals surface area contributed by atoms with Crippen molar-refractivity contribution in [2.24, 2.45) is 5.92 Å². The first kappa shape index (κ1) is 28.2. The second-order valence-electron chi connectivity index (χ2n) is 9.18. The van der Waals surface area contributed by atoms with Crippen LogP contribution in [-0.2, 0) is 4.79 Å². The molecule has 2 nitrogen and oxygen atoms in total. The van der Waals surface area contributed by atoms with Gasteiger partial charge < -0.3 is 5.11 Å². The van der Waals surface area contributed by atoms with E-state index in [-0.39, 0.29) is 0 Å². The van der Waals surface area contributed by atoms with Crippen LogP contribution in [0.3, 0.4) is 0 Å². The highest BCUT2D eigenvalue weighted by molar-refractivity contribution is 5.66. The predicted octanol–water partition coefficient (Wildman–Crippen LogP) is 9.48. The molecule has 0 fully saturated rings. The molecule has 1 atom stereocenters. The van der Waals surface area contributed by atoms with E-state index in [1.165, 1.54) is 109 Å². The van der Waals surface area contributed by atoms with Crippen molar-refractivity contribution in [3.63, 3.8) is 0 Å². The van der Waals surface area contributed by atoms with Gasteiger partial charge in [-0.15, -0.1) is 0 Å². The Balaban J connectivity index is 3.16. The highest BCUT2D eigenvalue weighted by atomic mass is 16.4. The summed E-state index contributed by atoms with van der Waals surface area (Å²) in [5, 5.41) is 8.57. The van der Waals surface area contributed by atoms with Gasteiger partial charge in [0.1, 0.15) is 0 Å². The van der Waals surface area contributed by atoms with E-state index in [4.69, 9.17) is 5.11 Å². The lowest BCUT2D eigenvalue weighted by Gasteiger charge is -2.11. The number of hydrogen-bond acceptors (Lipinski definition) is 1. The third kappa shape index (κ3) is 25.2. The van der Waals surface area contributed by atoms with Gasteiger partial charge in [0.2, 0.25) is 0 Å². The molecule has 0 heterocycles. The quantitative estimate of drug-likeness (QED) is 0.135. The number of rotatable bonds is 23. The van der Waals surface area contributed by atoms with Crippen molar-refractivity contribution in [3.05, 3.63) is 12.2 Å². The summed E-state index contributed by atoms with van der Waals surface area (Å²) < 4.78 is 0. The predicted molar refractivity (Wildman–Crippen MR) is 129 cm³/mol. The van der Waals surface area contributed by atoms with E-state index in [0.717, 1.165) is 25.2 Å². The Morgan fingerprint density at radius 1 is 0.655 bits per heavy atom. The lowest BCUT2D eigenvalue weighted by atomic mass is 9.96. The maximum absolute atomic E-state index is 10.4. The van der Waals surface area contributed by atoms with Crippen molar-refractivity contribution in [1.82, 2.24) is 0 Å². The van der Waals surface area contributed by atoms with E-state index in [1.807, 2.05) is 0 Å². The van der Waals surface area contributed by atoms with Crippen LogP contribution in [0, 0.1) is 5.92 Å². The molecule has 2 heteroatoms. The minimum atomic E-state index is -0.684. The molecule has 0 aromatic heterocycles. The van der Waals surface area contributed by atoms with Crippen LogP contribution in [0.4, 0.5) is 0 Å². The summed E-state index contributed by atoms with van der Waals surface area (Å²) in [6.07, 6.45) is 31.5. The molecule has 172 valence electrons. The first-order valence-electron chi connectivity index (χ1n) is 13.0. The third-order valence-corrected chi connectivity index (χ3v) is 6.05. The Labute approximate surface area is 182 Å². The minimum absolute atomic E-state index is 0.294. The molecule has 0 aliphatic heterocycles. The van der Waals surface area contributed by atoms with Gasteiger partial charge in [-0.2, -0.15) is 0 Å². The van der Waals surface area contributed by atoms with Crippen molar-refractivity contribution in [2.45, 2.75) is 149 Å². The fraction of sp³-hybridized carbons (Fsp3) is 0.889. The summed E-state index contributed by atoms with van der Waals surface area (Å²) in [7, 11) is 0. The normalized spacial score (nSPS) is 12.6. The second kappa shape index (κ2) is 23.5. The van der Waals surface area contributed by atoms with E-state index < -0.39 is 5.97 Å². The number of aliphatic carboxylic acids is 1. The van der Waals surface area contributed by atoms with Crippen molar-refractivity contribution < 1.29 is 9.90 Å². The first-order chi connectivity index (χ1) is 14.2. The Bertz CT molecular complexity index is 362. The van der Waals surface area contributed by atoms with Crippen molar-refractivity contribution in [1.29, 1.82) is 0 Å². The zero-order valence-electron chi connectivity index (χ0n) is 19.9. The van der Waals surface area contributed by atoms with E-state index in [0.29, 0.717) is 6.42 Å². The van der Waals surface area contributed by atoms with Gasteiger partial charge in [0.15, 0.2) is 0 Å². The average Bonchev–Trinajstić information content (AvgIpc) is 2.70. The fourth-order valence-corrected chi connectivity index (χ4v) is 4.02. The van der Waals surface area contributed by atoms with Crippen molar-refractivity contribution >= 4 is 5.97 Å². The van der Waals surface area contributed by atoms with Crippen LogP contribution in [0.5, 0.6) is 0 Å². The highest BCUT2D eigenvalue weighted by Crippen LogP contribution is 2.18. The molecule has 0 saturated heterocycles. The molecule has 0 bridgehead atoms. The summed E-state index contributed by atoms with van der Waals surface area (Å²) in [6, 6.07) is 0. The topological polar surface area (TPSA) is 37.3 Å². The Morgan fingerprint density at radius 3 is 1.55 bits per heavy atom. The minimum Gasteiger partial charge on any atom is -0.481 e. The van der Waals surface area contributed by atoms with Gasteiger partial charge >= 0.3 is 5.97 Å². The van der Waals surface area contributed by atoms with Crippen molar-refractivity contribution in [2.75, 3.05) is 0 Å². The molecule has 0 aromatic rings. The zero-order chi connectivity index (χ0) is 21.4. The standard InChI is InChI=1S/C27H52O2/c1-3-4-5-17-20-23-26(2)24-21-18-15-13-11-9-7-6-8-10-12-14-16-19-22-25-27(28)29/h14,16,26H,3-13,15,17-25H2,1-2H3,(H,28,29).